The largest absolute Gasteiger partial charge is 0.369 e. The Labute approximate surface area is 215 Å². The minimum atomic E-state index is -0.705. The van der Waals surface area contributed by atoms with Crippen molar-refractivity contribution in [2.45, 2.75) is 65.6 Å². The van der Waals surface area contributed by atoms with Crippen LogP contribution in [0.5, 0.6) is 0 Å². The van der Waals surface area contributed by atoms with E-state index in [0.29, 0.717) is 18.5 Å². The number of likely N-dealkylation sites (N-methyl/N-ethyl adjacent to an activating group) is 1. The van der Waals surface area contributed by atoms with Crippen LogP contribution in [0.15, 0.2) is 24.3 Å². The lowest BCUT2D eigenvalue weighted by atomic mass is 9.87. The molecule has 3 heterocycles. The van der Waals surface area contributed by atoms with Crippen LogP contribution in [0.4, 0.5) is 5.69 Å². The third-order valence-electron chi connectivity index (χ3n) is 7.83. The lowest BCUT2D eigenvalue weighted by molar-refractivity contribution is -0.138. The van der Waals surface area contributed by atoms with Crippen LogP contribution in [0.25, 0.3) is 0 Å². The molecule has 1 N–H and O–H groups in total. The van der Waals surface area contributed by atoms with Gasteiger partial charge >= 0.3 is 0 Å². The Morgan fingerprint density at radius 2 is 1.75 bits per heavy atom. The van der Waals surface area contributed by atoms with Crippen LogP contribution in [0.2, 0.25) is 0 Å². The van der Waals surface area contributed by atoms with E-state index in [1.165, 1.54) is 0 Å². The van der Waals surface area contributed by atoms with Crippen molar-refractivity contribution < 1.29 is 19.1 Å². The summed E-state index contributed by atoms with van der Waals surface area (Å²) in [5.41, 5.74) is 1.46. The number of ether oxygens (including phenoxy) is 1. The molecule has 0 spiro atoms. The van der Waals surface area contributed by atoms with Crippen LogP contribution in [0.1, 0.15) is 57.8 Å². The van der Waals surface area contributed by atoms with Gasteiger partial charge in [-0.05, 0) is 49.1 Å². The number of nitrogens with zero attached hydrogens (tertiary/aromatic N) is 3. The molecule has 0 radical (unpaired) electrons. The van der Waals surface area contributed by atoms with Crippen molar-refractivity contribution in [3.63, 3.8) is 0 Å². The average molecular weight is 499 g/mol. The fourth-order valence-electron chi connectivity index (χ4n) is 5.74. The molecule has 36 heavy (non-hydrogen) atoms. The molecule has 0 saturated carbocycles. The van der Waals surface area contributed by atoms with Gasteiger partial charge in [0.15, 0.2) is 5.78 Å². The Kier molecular flexibility index (Phi) is 8.05. The first-order chi connectivity index (χ1) is 17.1. The van der Waals surface area contributed by atoms with Gasteiger partial charge in [-0.3, -0.25) is 14.4 Å². The number of piperazine rings is 1. The van der Waals surface area contributed by atoms with Crippen LogP contribution in [0.3, 0.4) is 0 Å². The van der Waals surface area contributed by atoms with Crippen molar-refractivity contribution in [3.05, 3.63) is 29.8 Å². The van der Waals surface area contributed by atoms with E-state index in [4.69, 9.17) is 4.74 Å². The highest BCUT2D eigenvalue weighted by atomic mass is 16.5. The average Bonchev–Trinajstić information content (AvgIpc) is 3.43. The Morgan fingerprint density at radius 1 is 1.08 bits per heavy atom. The summed E-state index contributed by atoms with van der Waals surface area (Å²) in [5, 5.41) is 3.00. The molecule has 198 valence electrons. The molecule has 1 aromatic carbocycles. The lowest BCUT2D eigenvalue weighted by Crippen LogP contribution is -2.53. The number of Topliss-reactive ketones (excluding diaryl/α,β-unsaturated/α-hetero) is 1. The summed E-state index contributed by atoms with van der Waals surface area (Å²) in [6.07, 6.45) is 1.09. The number of nitrogens with one attached hydrogen (secondary N) is 1. The van der Waals surface area contributed by atoms with E-state index in [2.05, 4.69) is 49.7 Å². The first-order valence-electron chi connectivity index (χ1n) is 13.4. The Bertz CT molecular complexity index is 949. The molecule has 0 bridgehead atoms. The number of likely N-dealkylation sites (tertiary alicyclic amines) is 1. The maximum absolute atomic E-state index is 13.7. The topological polar surface area (TPSA) is 82.2 Å². The summed E-state index contributed by atoms with van der Waals surface area (Å²) < 4.78 is 5.74. The molecular formula is C28H42N4O4. The minimum absolute atomic E-state index is 0.0412. The van der Waals surface area contributed by atoms with E-state index in [1.54, 1.807) is 4.90 Å². The first-order valence-corrected chi connectivity index (χ1v) is 13.4. The number of benzene rings is 1. The highest BCUT2D eigenvalue weighted by Gasteiger charge is 2.52. The molecular weight excluding hydrogens is 456 g/mol. The van der Waals surface area contributed by atoms with E-state index in [-0.39, 0.29) is 41.6 Å². The Morgan fingerprint density at radius 3 is 2.33 bits per heavy atom. The number of amides is 2. The minimum Gasteiger partial charge on any atom is -0.369 e. The molecule has 4 rings (SSSR count). The van der Waals surface area contributed by atoms with Gasteiger partial charge in [-0.15, -0.1) is 0 Å². The standard InChI is InChI=1S/C28H42N4O4/c1-6-19-17-32(24-23(33)18-36-25(19)24)27(35)22(16-28(3,4)5)29-26(34)20-8-10-21(11-9-20)31-14-12-30(7-2)13-15-31/h8-11,19,22,24-25H,6-7,12-18H2,1-5H3,(H,29,34)/t19-,22-,24+,25+/m0/s1. The van der Waals surface area contributed by atoms with Gasteiger partial charge in [-0.1, -0.05) is 34.6 Å². The van der Waals surface area contributed by atoms with Crippen molar-refractivity contribution in [3.8, 4) is 0 Å². The summed E-state index contributed by atoms with van der Waals surface area (Å²) in [6.45, 7) is 16.1. The van der Waals surface area contributed by atoms with Crippen molar-refractivity contribution >= 4 is 23.3 Å². The fraction of sp³-hybridized carbons (Fsp3) is 0.679. The molecule has 0 unspecified atom stereocenters. The van der Waals surface area contributed by atoms with Gasteiger partial charge in [0.05, 0.1) is 6.10 Å². The van der Waals surface area contributed by atoms with Crippen molar-refractivity contribution in [1.29, 1.82) is 0 Å². The molecule has 1 aromatic rings. The molecule has 3 aliphatic heterocycles. The molecule has 3 fully saturated rings. The number of fused-ring (bicyclic) bond motifs is 1. The van der Waals surface area contributed by atoms with E-state index in [1.807, 2.05) is 24.3 Å². The molecule has 0 aromatic heterocycles. The number of ketones is 1. The van der Waals surface area contributed by atoms with Gasteiger partial charge in [-0.25, -0.2) is 0 Å². The monoisotopic (exact) mass is 498 g/mol. The summed E-state index contributed by atoms with van der Waals surface area (Å²) >= 11 is 0. The van der Waals surface area contributed by atoms with Crippen LogP contribution >= 0.6 is 0 Å². The van der Waals surface area contributed by atoms with E-state index in [9.17, 15) is 14.4 Å². The van der Waals surface area contributed by atoms with E-state index < -0.39 is 12.1 Å². The molecule has 4 atom stereocenters. The van der Waals surface area contributed by atoms with Crippen molar-refractivity contribution in [1.82, 2.24) is 15.1 Å². The number of hydrogen-bond donors (Lipinski definition) is 1. The fourth-order valence-corrected chi connectivity index (χ4v) is 5.74. The van der Waals surface area contributed by atoms with Gasteiger partial charge in [0, 0.05) is 49.9 Å². The second kappa shape index (κ2) is 10.9. The van der Waals surface area contributed by atoms with Crippen LogP contribution in [-0.2, 0) is 14.3 Å². The Balaban J connectivity index is 1.46. The highest BCUT2D eigenvalue weighted by Crippen LogP contribution is 2.35. The molecule has 3 aliphatic rings. The van der Waals surface area contributed by atoms with Gasteiger partial charge in [0.2, 0.25) is 5.91 Å². The normalized spacial score (nSPS) is 25.7. The number of hydrogen-bond acceptors (Lipinski definition) is 6. The quantitative estimate of drug-likeness (QED) is 0.622. The second-order valence-electron chi connectivity index (χ2n) is 11.6. The number of carbonyl (C=O) groups is 3. The SMILES string of the molecule is CC[C@H]1CN(C(=O)[C@H](CC(C)(C)C)NC(=O)c2ccc(N3CCN(CC)CC3)cc2)[C@@H]2C(=O)CO[C@H]12. The van der Waals surface area contributed by atoms with Gasteiger partial charge < -0.3 is 24.8 Å². The van der Waals surface area contributed by atoms with Crippen molar-refractivity contribution in [2.24, 2.45) is 11.3 Å². The second-order valence-corrected chi connectivity index (χ2v) is 11.6. The summed E-state index contributed by atoms with van der Waals surface area (Å²) in [6, 6.07) is 6.41. The number of rotatable bonds is 7. The Hall–Kier alpha value is -2.45. The summed E-state index contributed by atoms with van der Waals surface area (Å²) in [5.74, 6) is -0.353. The zero-order chi connectivity index (χ0) is 26.0. The summed E-state index contributed by atoms with van der Waals surface area (Å²) in [7, 11) is 0. The molecule has 8 nitrogen and oxygen atoms in total. The predicted molar refractivity (Wildman–Crippen MR) is 140 cm³/mol. The van der Waals surface area contributed by atoms with Gasteiger partial charge in [0.25, 0.3) is 5.91 Å². The van der Waals surface area contributed by atoms with Gasteiger partial charge in [0.1, 0.15) is 18.7 Å². The van der Waals surface area contributed by atoms with E-state index >= 15 is 0 Å². The zero-order valence-corrected chi connectivity index (χ0v) is 22.5. The van der Waals surface area contributed by atoms with Crippen LogP contribution < -0.4 is 10.2 Å². The molecule has 0 aliphatic carbocycles. The van der Waals surface area contributed by atoms with Gasteiger partial charge in [-0.2, -0.15) is 0 Å². The highest BCUT2D eigenvalue weighted by molar-refractivity contribution is 5.99. The number of carbonyl (C=O) groups excluding carboxylic acids is 3. The molecule has 2 amide bonds. The third-order valence-corrected chi connectivity index (χ3v) is 7.83. The lowest BCUT2D eigenvalue weighted by Gasteiger charge is -2.35. The maximum atomic E-state index is 13.7. The predicted octanol–water partition coefficient (Wildman–Crippen LogP) is 2.57. The van der Waals surface area contributed by atoms with Crippen molar-refractivity contribution in [2.75, 3.05) is 50.8 Å². The third kappa shape index (κ3) is 5.75. The number of anilines is 1. The van der Waals surface area contributed by atoms with Crippen LogP contribution in [-0.4, -0.2) is 91.5 Å². The molecule has 3 saturated heterocycles. The molecule has 8 heteroatoms. The zero-order valence-electron chi connectivity index (χ0n) is 22.5. The van der Waals surface area contributed by atoms with Crippen LogP contribution in [0, 0.1) is 11.3 Å². The summed E-state index contributed by atoms with van der Waals surface area (Å²) in [4.78, 5) is 46.0. The first kappa shape index (κ1) is 26.6. The van der Waals surface area contributed by atoms with E-state index in [0.717, 1.165) is 44.8 Å². The smallest absolute Gasteiger partial charge is 0.251 e. The maximum Gasteiger partial charge on any atom is 0.251 e.